The van der Waals surface area contributed by atoms with E-state index >= 15 is 0 Å². The summed E-state index contributed by atoms with van der Waals surface area (Å²) in [6, 6.07) is 0. The molecule has 0 N–H and O–H groups in total. The summed E-state index contributed by atoms with van der Waals surface area (Å²) in [4.78, 5) is 38.1. The summed E-state index contributed by atoms with van der Waals surface area (Å²) >= 11 is 0. The highest BCUT2D eigenvalue weighted by Gasteiger charge is 2.22. The molecule has 0 aromatic rings. The number of nitrogens with zero attached hydrogens (tertiary/aromatic N) is 1. The molecular formula is C78H144NO8P. The molecule has 0 aromatic heterocycles. The van der Waals surface area contributed by atoms with Gasteiger partial charge in [0.25, 0.3) is 7.82 Å². The highest BCUT2D eigenvalue weighted by Crippen LogP contribution is 2.38. The lowest BCUT2D eigenvalue weighted by Gasteiger charge is -2.28. The summed E-state index contributed by atoms with van der Waals surface area (Å²) in [7, 11) is 1.18. The molecule has 0 heterocycles. The minimum absolute atomic E-state index is 0.0312. The monoisotopic (exact) mass is 1250 g/mol. The van der Waals surface area contributed by atoms with Crippen molar-refractivity contribution in [1.29, 1.82) is 0 Å². The zero-order valence-electron chi connectivity index (χ0n) is 58.7. The molecular weight excluding hydrogens is 1110 g/mol. The van der Waals surface area contributed by atoms with Crippen molar-refractivity contribution in [2.45, 2.75) is 367 Å². The molecule has 88 heavy (non-hydrogen) atoms. The minimum Gasteiger partial charge on any atom is -0.756 e. The topological polar surface area (TPSA) is 111 Å². The van der Waals surface area contributed by atoms with Crippen LogP contribution in [0.15, 0.2) is 72.9 Å². The molecule has 0 aliphatic carbocycles. The van der Waals surface area contributed by atoms with Gasteiger partial charge in [-0.25, -0.2) is 0 Å². The Morgan fingerprint density at radius 3 is 0.977 bits per heavy atom. The Hall–Kier alpha value is -2.55. The van der Waals surface area contributed by atoms with Gasteiger partial charge >= 0.3 is 11.9 Å². The second kappa shape index (κ2) is 68.8. The van der Waals surface area contributed by atoms with E-state index in [1.807, 2.05) is 21.1 Å². The van der Waals surface area contributed by atoms with Crippen molar-refractivity contribution >= 4 is 19.8 Å². The van der Waals surface area contributed by atoms with Crippen LogP contribution in [0.5, 0.6) is 0 Å². The van der Waals surface area contributed by atoms with Crippen LogP contribution in [0.3, 0.4) is 0 Å². The van der Waals surface area contributed by atoms with Gasteiger partial charge in [0, 0.05) is 12.8 Å². The van der Waals surface area contributed by atoms with Crippen LogP contribution in [0.25, 0.3) is 0 Å². The second-order valence-corrected chi connectivity index (χ2v) is 28.0. The number of likely N-dealkylation sites (N-methyl/N-ethyl adjacent to an activating group) is 1. The lowest BCUT2D eigenvalue weighted by atomic mass is 10.0. The Balaban J connectivity index is 3.96. The first-order valence-corrected chi connectivity index (χ1v) is 39.1. The molecule has 0 spiro atoms. The van der Waals surface area contributed by atoms with Gasteiger partial charge < -0.3 is 27.9 Å². The van der Waals surface area contributed by atoms with Crippen molar-refractivity contribution in [3.05, 3.63) is 72.9 Å². The molecule has 10 heteroatoms. The average Bonchev–Trinajstić information content (AvgIpc) is 3.68. The molecule has 0 amide bonds. The molecule has 9 nitrogen and oxygen atoms in total. The van der Waals surface area contributed by atoms with Crippen LogP contribution >= 0.6 is 7.82 Å². The third-order valence-corrected chi connectivity index (χ3v) is 17.7. The van der Waals surface area contributed by atoms with Crippen LogP contribution in [-0.4, -0.2) is 70.0 Å². The van der Waals surface area contributed by atoms with Gasteiger partial charge in [0.15, 0.2) is 6.10 Å². The highest BCUT2D eigenvalue weighted by molar-refractivity contribution is 7.45. The fraction of sp³-hybridized carbons (Fsp3) is 0.821. The number of ether oxygens (including phenoxy) is 2. The number of allylic oxidation sites excluding steroid dienone is 12. The second-order valence-electron chi connectivity index (χ2n) is 26.6. The largest absolute Gasteiger partial charge is 0.756 e. The SMILES string of the molecule is CC/C=C\C/C=C\C/C=C\C/C=C\C/C=C\CCCCCCCCCCCCCCCC(=O)OC(COC(=O)CCCCCCCCCCCCCCCCCCCCCCCCC/C=C\CCCCCCCCCC)COP(=O)([O-])OCC[N+](C)(C)C. The van der Waals surface area contributed by atoms with Crippen LogP contribution in [-0.2, 0) is 32.7 Å². The number of esters is 2. The third-order valence-electron chi connectivity index (χ3n) is 16.7. The Bertz CT molecular complexity index is 1710. The lowest BCUT2D eigenvalue weighted by Crippen LogP contribution is -2.37. The standard InChI is InChI=1S/C78H144NO8P/c1-6-8-10-12-14-16-18-20-22-24-26-28-30-32-34-36-37-38-39-40-41-43-44-46-48-50-52-54-56-58-60-62-64-66-68-70-77(80)84-74-76(75-86-88(82,83)85-73-72-79(3,4)5)87-78(81)71-69-67-65-63-61-59-57-55-53-51-49-47-45-42-35-33-31-29-27-25-23-21-19-17-15-13-11-9-7-2/h9,11,15,17,21,23-24,26-27,29,33,35,76H,6-8,10,12-14,16,18-20,22,25,28,30-32,34,36-75H2,1-5H3/b11-9-,17-15-,23-21-,26-24-,29-27-,35-33-. The van der Waals surface area contributed by atoms with E-state index < -0.39 is 26.5 Å². The number of carbonyl (C=O) groups excluding carboxylic acids is 2. The van der Waals surface area contributed by atoms with Gasteiger partial charge in [-0.3, -0.25) is 14.2 Å². The number of phosphoric acid groups is 1. The molecule has 0 bridgehead atoms. The normalized spacial score (nSPS) is 13.5. The number of carbonyl (C=O) groups is 2. The maximum Gasteiger partial charge on any atom is 0.306 e. The minimum atomic E-state index is -4.65. The molecule has 0 fully saturated rings. The molecule has 0 rings (SSSR count). The van der Waals surface area contributed by atoms with Crippen molar-refractivity contribution in [3.63, 3.8) is 0 Å². The van der Waals surface area contributed by atoms with Gasteiger partial charge in [0.05, 0.1) is 27.7 Å². The Morgan fingerprint density at radius 2 is 0.648 bits per heavy atom. The summed E-state index contributed by atoms with van der Waals surface area (Å²) in [5.74, 6) is -0.819. The van der Waals surface area contributed by atoms with Gasteiger partial charge in [-0.15, -0.1) is 0 Å². The molecule has 0 aliphatic rings. The van der Waals surface area contributed by atoms with Crippen LogP contribution in [0.2, 0.25) is 0 Å². The van der Waals surface area contributed by atoms with Crippen molar-refractivity contribution in [2.24, 2.45) is 0 Å². The number of quaternary nitrogens is 1. The van der Waals surface area contributed by atoms with Gasteiger partial charge in [-0.05, 0) is 83.5 Å². The van der Waals surface area contributed by atoms with Gasteiger partial charge in [0.2, 0.25) is 0 Å². The Kier molecular flexibility index (Phi) is 66.8. The van der Waals surface area contributed by atoms with E-state index in [9.17, 15) is 19.0 Å². The molecule has 0 aliphatic heterocycles. The summed E-state index contributed by atoms with van der Waals surface area (Å²) in [5.41, 5.74) is 0. The first-order valence-electron chi connectivity index (χ1n) is 37.6. The molecule has 2 unspecified atom stereocenters. The van der Waals surface area contributed by atoms with Crippen LogP contribution in [0.4, 0.5) is 0 Å². The van der Waals surface area contributed by atoms with E-state index in [1.165, 1.54) is 257 Å². The maximum absolute atomic E-state index is 12.9. The zero-order valence-corrected chi connectivity index (χ0v) is 59.6. The lowest BCUT2D eigenvalue weighted by molar-refractivity contribution is -0.870. The van der Waals surface area contributed by atoms with E-state index in [-0.39, 0.29) is 32.0 Å². The first-order chi connectivity index (χ1) is 43.0. The van der Waals surface area contributed by atoms with Crippen molar-refractivity contribution in [2.75, 3.05) is 47.5 Å². The predicted octanol–water partition coefficient (Wildman–Crippen LogP) is 24.1. The Labute approximate surface area is 546 Å². The summed E-state index contributed by atoms with van der Waals surface area (Å²) in [5, 5.41) is 0. The molecule has 0 saturated carbocycles. The van der Waals surface area contributed by atoms with Crippen LogP contribution in [0.1, 0.15) is 361 Å². The summed E-state index contributed by atoms with van der Waals surface area (Å²) in [6.07, 6.45) is 92.9. The van der Waals surface area contributed by atoms with E-state index in [4.69, 9.17) is 18.5 Å². The Morgan fingerprint density at radius 1 is 0.364 bits per heavy atom. The maximum atomic E-state index is 12.9. The van der Waals surface area contributed by atoms with Crippen LogP contribution < -0.4 is 4.89 Å². The molecule has 514 valence electrons. The van der Waals surface area contributed by atoms with Gasteiger partial charge in [0.1, 0.15) is 19.8 Å². The first kappa shape index (κ1) is 85.5. The van der Waals surface area contributed by atoms with E-state index in [2.05, 4.69) is 86.8 Å². The zero-order chi connectivity index (χ0) is 64.1. The smallest absolute Gasteiger partial charge is 0.306 e. The average molecular weight is 1250 g/mol. The van der Waals surface area contributed by atoms with Crippen molar-refractivity contribution in [1.82, 2.24) is 0 Å². The predicted molar refractivity (Wildman–Crippen MR) is 379 cm³/mol. The van der Waals surface area contributed by atoms with Crippen molar-refractivity contribution in [3.8, 4) is 0 Å². The molecule has 0 saturated heterocycles. The number of unbranched alkanes of at least 4 members (excludes halogenated alkanes) is 44. The highest BCUT2D eigenvalue weighted by atomic mass is 31.2. The summed E-state index contributed by atoms with van der Waals surface area (Å²) < 4.78 is 34.4. The van der Waals surface area contributed by atoms with E-state index in [1.54, 1.807) is 0 Å². The van der Waals surface area contributed by atoms with Crippen LogP contribution in [0, 0.1) is 0 Å². The molecule has 0 aromatic carbocycles. The van der Waals surface area contributed by atoms with E-state index in [0.717, 1.165) is 70.6 Å². The van der Waals surface area contributed by atoms with Crippen molar-refractivity contribution < 1.29 is 42.1 Å². The number of hydrogen-bond donors (Lipinski definition) is 0. The van der Waals surface area contributed by atoms with Gasteiger partial charge in [-0.2, -0.15) is 0 Å². The van der Waals surface area contributed by atoms with E-state index in [0.29, 0.717) is 17.4 Å². The number of rotatable bonds is 70. The quantitative estimate of drug-likeness (QED) is 0.0195. The third kappa shape index (κ3) is 72.5. The molecule has 2 atom stereocenters. The summed E-state index contributed by atoms with van der Waals surface area (Å²) in [6.45, 7) is 4.18. The fourth-order valence-corrected chi connectivity index (χ4v) is 11.7. The fourth-order valence-electron chi connectivity index (χ4n) is 11.0. The number of phosphoric ester groups is 1. The molecule has 0 radical (unpaired) electrons. The van der Waals surface area contributed by atoms with Gasteiger partial charge in [-0.1, -0.05) is 337 Å². The number of hydrogen-bond acceptors (Lipinski definition) is 8.